The lowest BCUT2D eigenvalue weighted by Gasteiger charge is -2.30. The van der Waals surface area contributed by atoms with Crippen LogP contribution in [0, 0.1) is 0 Å². The normalized spacial score (nSPS) is 26.2. The Bertz CT molecular complexity index is 227. The molecule has 2 heterocycles. The summed E-state index contributed by atoms with van der Waals surface area (Å²) < 4.78 is 10.8. The summed E-state index contributed by atoms with van der Waals surface area (Å²) in [5, 5.41) is 0. The summed E-state index contributed by atoms with van der Waals surface area (Å²) in [4.78, 5) is 24.4. The summed E-state index contributed by atoms with van der Waals surface area (Å²) in [6.07, 6.45) is 4.99. The summed E-state index contributed by atoms with van der Waals surface area (Å²) in [6, 6.07) is 0. The highest BCUT2D eigenvalue weighted by Crippen LogP contribution is 2.08. The van der Waals surface area contributed by atoms with Crippen molar-refractivity contribution in [3.8, 4) is 0 Å². The van der Waals surface area contributed by atoms with Crippen molar-refractivity contribution in [2.24, 2.45) is 0 Å². The molecule has 0 spiro atoms. The third-order valence-corrected chi connectivity index (χ3v) is 7.87. The molecule has 2 fully saturated rings. The molecule has 2 N–H and O–H groups in total. The number of likely N-dealkylation sites (tertiary alicyclic amines) is 1. The fourth-order valence-corrected chi connectivity index (χ4v) is 6.39. The molecule has 0 aliphatic carbocycles. The van der Waals surface area contributed by atoms with Crippen molar-refractivity contribution >= 4 is 18.6 Å². The highest BCUT2D eigenvalue weighted by Gasteiger charge is 2.23. The predicted octanol–water partition coefficient (Wildman–Crippen LogP) is -1.67. The van der Waals surface area contributed by atoms with Crippen molar-refractivity contribution in [3.05, 3.63) is 0 Å². The van der Waals surface area contributed by atoms with E-state index in [1.165, 1.54) is 19.3 Å². The molecule has 2 aliphatic heterocycles. The van der Waals surface area contributed by atoms with Gasteiger partial charge in [0.05, 0.1) is 13.2 Å². The minimum absolute atomic E-state index is 0.605. The Balaban J connectivity index is 1.61. The molecular formula is C11H26N2O4Si2. The van der Waals surface area contributed by atoms with E-state index in [4.69, 9.17) is 8.85 Å². The SMILES string of the molecule is O[SiH](CN1CCCCC1)O[SiH](O)CN1CCOCC1. The Morgan fingerprint density at radius 3 is 1.95 bits per heavy atom. The van der Waals surface area contributed by atoms with Crippen LogP contribution < -0.4 is 0 Å². The Morgan fingerprint density at radius 1 is 0.842 bits per heavy atom. The molecule has 6 nitrogen and oxygen atoms in total. The first-order valence-electron chi connectivity index (χ1n) is 7.28. The fourth-order valence-electron chi connectivity index (χ4n) is 2.63. The van der Waals surface area contributed by atoms with Crippen LogP contribution in [0.1, 0.15) is 19.3 Å². The third-order valence-electron chi connectivity index (χ3n) is 3.70. The van der Waals surface area contributed by atoms with Crippen molar-refractivity contribution in [1.29, 1.82) is 0 Å². The van der Waals surface area contributed by atoms with Gasteiger partial charge in [-0.05, 0) is 25.9 Å². The van der Waals surface area contributed by atoms with Crippen LogP contribution >= 0.6 is 0 Å². The largest absolute Gasteiger partial charge is 0.418 e. The van der Waals surface area contributed by atoms with Gasteiger partial charge in [0, 0.05) is 25.4 Å². The highest BCUT2D eigenvalue weighted by molar-refractivity contribution is 6.57. The van der Waals surface area contributed by atoms with E-state index in [0.717, 1.165) is 39.4 Å². The summed E-state index contributed by atoms with van der Waals surface area (Å²) in [5.41, 5.74) is 0. The van der Waals surface area contributed by atoms with Gasteiger partial charge in [-0.15, -0.1) is 0 Å². The average Bonchev–Trinajstić information content (AvgIpc) is 2.40. The first kappa shape index (κ1) is 15.6. The second-order valence-electron chi connectivity index (χ2n) is 5.32. The monoisotopic (exact) mass is 306 g/mol. The Morgan fingerprint density at radius 2 is 1.37 bits per heavy atom. The van der Waals surface area contributed by atoms with Gasteiger partial charge in [0.1, 0.15) is 0 Å². The molecule has 2 unspecified atom stereocenters. The number of hydrogen-bond donors (Lipinski definition) is 2. The average molecular weight is 307 g/mol. The molecule has 8 heteroatoms. The Labute approximate surface area is 118 Å². The van der Waals surface area contributed by atoms with Gasteiger partial charge in [0.15, 0.2) is 0 Å². The molecule has 0 aromatic heterocycles. The zero-order chi connectivity index (χ0) is 13.5. The van der Waals surface area contributed by atoms with Crippen molar-refractivity contribution in [1.82, 2.24) is 9.80 Å². The zero-order valence-corrected chi connectivity index (χ0v) is 13.8. The Kier molecular flexibility index (Phi) is 6.95. The summed E-state index contributed by atoms with van der Waals surface area (Å²) >= 11 is 0. The van der Waals surface area contributed by atoms with Crippen LogP contribution in [0.15, 0.2) is 0 Å². The van der Waals surface area contributed by atoms with Crippen molar-refractivity contribution in [3.63, 3.8) is 0 Å². The number of rotatable bonds is 6. The molecule has 19 heavy (non-hydrogen) atoms. The number of nitrogens with zero attached hydrogens (tertiary/aromatic N) is 2. The van der Waals surface area contributed by atoms with Crippen LogP contribution in [-0.4, -0.2) is 89.7 Å². The number of hydrogen-bond acceptors (Lipinski definition) is 6. The van der Waals surface area contributed by atoms with Gasteiger partial charge >= 0.3 is 18.6 Å². The molecular weight excluding hydrogens is 280 g/mol. The fraction of sp³-hybridized carbons (Fsp3) is 1.00. The molecule has 0 aromatic rings. The molecule has 2 saturated heterocycles. The van der Waals surface area contributed by atoms with E-state index in [9.17, 15) is 9.59 Å². The maximum absolute atomic E-state index is 10.0. The first-order valence-corrected chi connectivity index (χ1v) is 10.9. The number of morpholine rings is 1. The molecule has 2 rings (SSSR count). The van der Waals surface area contributed by atoms with Crippen LogP contribution in [0.3, 0.4) is 0 Å². The minimum atomic E-state index is -2.25. The lowest BCUT2D eigenvalue weighted by atomic mass is 10.1. The number of piperidine rings is 1. The van der Waals surface area contributed by atoms with Crippen molar-refractivity contribution in [2.45, 2.75) is 19.3 Å². The second-order valence-corrected chi connectivity index (χ2v) is 8.96. The molecule has 2 atom stereocenters. The van der Waals surface area contributed by atoms with Gasteiger partial charge in [-0.3, -0.25) is 4.90 Å². The van der Waals surface area contributed by atoms with Crippen LogP contribution in [0.2, 0.25) is 0 Å². The third kappa shape index (κ3) is 6.00. The molecule has 0 radical (unpaired) electrons. The zero-order valence-electron chi connectivity index (χ0n) is 11.5. The maximum atomic E-state index is 10.0. The molecule has 112 valence electrons. The molecule has 0 amide bonds. The standard InChI is InChI=1S/C11H26N2O4Si2/c14-18(10-12-4-2-1-3-5-12)17-19(15)11-13-6-8-16-9-7-13/h14-15,18-19H,1-11H2. The van der Waals surface area contributed by atoms with Gasteiger partial charge in [0.2, 0.25) is 0 Å². The van der Waals surface area contributed by atoms with E-state index in [1.54, 1.807) is 0 Å². The smallest absolute Gasteiger partial charge is 0.324 e. The van der Waals surface area contributed by atoms with Crippen molar-refractivity contribution in [2.75, 3.05) is 51.7 Å². The van der Waals surface area contributed by atoms with E-state index < -0.39 is 18.6 Å². The summed E-state index contributed by atoms with van der Waals surface area (Å²) in [6.45, 7) is 5.31. The van der Waals surface area contributed by atoms with E-state index in [0.29, 0.717) is 12.3 Å². The van der Waals surface area contributed by atoms with E-state index in [2.05, 4.69) is 9.80 Å². The highest BCUT2D eigenvalue weighted by atomic mass is 28.4. The van der Waals surface area contributed by atoms with Gasteiger partial charge in [-0.25, -0.2) is 0 Å². The van der Waals surface area contributed by atoms with Crippen molar-refractivity contribution < 1.29 is 18.4 Å². The molecule has 0 bridgehead atoms. The van der Waals surface area contributed by atoms with E-state index in [1.807, 2.05) is 0 Å². The van der Waals surface area contributed by atoms with Gasteiger partial charge in [-0.1, -0.05) is 6.42 Å². The summed E-state index contributed by atoms with van der Waals surface area (Å²) in [7, 11) is -4.48. The Hall–Kier alpha value is 0.194. The maximum Gasteiger partial charge on any atom is 0.324 e. The van der Waals surface area contributed by atoms with Crippen LogP contribution in [0.4, 0.5) is 0 Å². The first-order chi connectivity index (χ1) is 9.24. The predicted molar refractivity (Wildman–Crippen MR) is 77.4 cm³/mol. The lowest BCUT2D eigenvalue weighted by Crippen LogP contribution is -2.48. The van der Waals surface area contributed by atoms with Crippen LogP contribution in [0.25, 0.3) is 0 Å². The quantitative estimate of drug-likeness (QED) is 0.572. The molecule has 0 saturated carbocycles. The molecule has 2 aliphatic rings. The summed E-state index contributed by atoms with van der Waals surface area (Å²) in [5.74, 6) is 0. The van der Waals surface area contributed by atoms with E-state index in [-0.39, 0.29) is 0 Å². The van der Waals surface area contributed by atoms with Crippen LogP contribution in [-0.2, 0) is 8.85 Å². The van der Waals surface area contributed by atoms with Gasteiger partial charge < -0.3 is 23.3 Å². The number of ether oxygens (including phenoxy) is 1. The van der Waals surface area contributed by atoms with Gasteiger partial charge in [-0.2, -0.15) is 0 Å². The van der Waals surface area contributed by atoms with E-state index >= 15 is 0 Å². The minimum Gasteiger partial charge on any atom is -0.418 e. The van der Waals surface area contributed by atoms with Crippen LogP contribution in [0.5, 0.6) is 0 Å². The lowest BCUT2D eigenvalue weighted by molar-refractivity contribution is 0.0431. The van der Waals surface area contributed by atoms with Gasteiger partial charge in [0.25, 0.3) is 0 Å². The molecule has 0 aromatic carbocycles. The topological polar surface area (TPSA) is 65.4 Å². The second kappa shape index (κ2) is 8.47.